The molecule has 0 aliphatic heterocycles. The zero-order valence-corrected chi connectivity index (χ0v) is 13.1. The van der Waals surface area contributed by atoms with Gasteiger partial charge in [0, 0.05) is 11.3 Å². The molecular formula is C11H16N2O2S3. The highest BCUT2D eigenvalue weighted by molar-refractivity contribution is 8.03. The highest BCUT2D eigenvalue weighted by Gasteiger charge is 2.14. The Hall–Kier alpha value is -0.530. The Morgan fingerprint density at radius 1 is 1.50 bits per heavy atom. The molecule has 0 amide bonds. The molecule has 0 aliphatic carbocycles. The van der Waals surface area contributed by atoms with Gasteiger partial charge in [-0.05, 0) is 19.6 Å². The van der Waals surface area contributed by atoms with Crippen LogP contribution in [0.4, 0.5) is 0 Å². The predicted octanol–water partition coefficient (Wildman–Crippen LogP) is 3.25. The second-order valence-electron chi connectivity index (χ2n) is 3.56. The van der Waals surface area contributed by atoms with E-state index in [0.29, 0.717) is 11.3 Å². The van der Waals surface area contributed by atoms with Crippen molar-refractivity contribution in [2.24, 2.45) is 0 Å². The van der Waals surface area contributed by atoms with Gasteiger partial charge >= 0.3 is 5.97 Å². The SMILES string of the molecule is C=C(C)C(=O)OC(CC)CSc1nnc(SC)s1. The predicted molar refractivity (Wildman–Crippen MR) is 77.4 cm³/mol. The van der Waals surface area contributed by atoms with Crippen LogP contribution in [0.1, 0.15) is 20.3 Å². The lowest BCUT2D eigenvalue weighted by Gasteiger charge is -2.14. The minimum absolute atomic E-state index is 0.110. The Morgan fingerprint density at radius 2 is 2.17 bits per heavy atom. The molecule has 0 bridgehead atoms. The molecule has 1 unspecified atom stereocenters. The smallest absolute Gasteiger partial charge is 0.333 e. The average molecular weight is 304 g/mol. The molecule has 0 spiro atoms. The maximum atomic E-state index is 11.4. The van der Waals surface area contributed by atoms with Gasteiger partial charge in [0.05, 0.1) is 0 Å². The van der Waals surface area contributed by atoms with Crippen LogP contribution in [0.2, 0.25) is 0 Å². The van der Waals surface area contributed by atoms with Gasteiger partial charge in [-0.3, -0.25) is 0 Å². The minimum atomic E-state index is -0.329. The van der Waals surface area contributed by atoms with Gasteiger partial charge in [0.25, 0.3) is 0 Å². The maximum Gasteiger partial charge on any atom is 0.333 e. The van der Waals surface area contributed by atoms with Crippen LogP contribution < -0.4 is 0 Å². The fourth-order valence-electron chi connectivity index (χ4n) is 0.989. The summed E-state index contributed by atoms with van der Waals surface area (Å²) < 4.78 is 7.16. The lowest BCUT2D eigenvalue weighted by atomic mass is 10.3. The fourth-order valence-corrected chi connectivity index (χ4v) is 3.56. The van der Waals surface area contributed by atoms with Gasteiger partial charge in [-0.25, -0.2) is 4.79 Å². The molecule has 0 saturated heterocycles. The van der Waals surface area contributed by atoms with Gasteiger partial charge in [-0.2, -0.15) is 0 Å². The summed E-state index contributed by atoms with van der Waals surface area (Å²) in [5.74, 6) is 0.364. The first-order valence-electron chi connectivity index (χ1n) is 5.43. The Morgan fingerprint density at radius 3 is 2.67 bits per heavy atom. The summed E-state index contributed by atoms with van der Waals surface area (Å²) in [5, 5.41) is 8.08. The zero-order valence-electron chi connectivity index (χ0n) is 10.6. The van der Waals surface area contributed by atoms with Crippen LogP contribution in [-0.2, 0) is 9.53 Å². The first-order chi connectivity index (χ1) is 8.56. The normalized spacial score (nSPS) is 12.2. The minimum Gasteiger partial charge on any atom is -0.458 e. The summed E-state index contributed by atoms with van der Waals surface area (Å²) in [6.07, 6.45) is 2.64. The number of rotatable bonds is 7. The zero-order chi connectivity index (χ0) is 13.5. The van der Waals surface area contributed by atoms with Gasteiger partial charge in [0.2, 0.25) is 0 Å². The summed E-state index contributed by atoms with van der Waals surface area (Å²) in [7, 11) is 0. The van der Waals surface area contributed by atoms with E-state index in [1.54, 1.807) is 41.8 Å². The lowest BCUT2D eigenvalue weighted by molar-refractivity contribution is -0.143. The van der Waals surface area contributed by atoms with Crippen molar-refractivity contribution in [1.82, 2.24) is 10.2 Å². The van der Waals surface area contributed by atoms with Crippen molar-refractivity contribution >= 4 is 40.8 Å². The van der Waals surface area contributed by atoms with Crippen LogP contribution in [0.15, 0.2) is 20.8 Å². The molecule has 1 aromatic heterocycles. The van der Waals surface area contributed by atoms with E-state index in [1.165, 1.54) is 0 Å². The molecule has 0 aliphatic rings. The first-order valence-corrected chi connectivity index (χ1v) is 8.46. The number of hydrogen-bond donors (Lipinski definition) is 0. The Balaban J connectivity index is 2.44. The largest absolute Gasteiger partial charge is 0.458 e. The Bertz CT molecular complexity index is 420. The molecule has 1 heterocycles. The summed E-state index contributed by atoms with van der Waals surface area (Å²) in [6, 6.07) is 0. The summed E-state index contributed by atoms with van der Waals surface area (Å²) in [5.41, 5.74) is 0.430. The fraction of sp³-hybridized carbons (Fsp3) is 0.545. The number of ether oxygens (including phenoxy) is 1. The number of hydrogen-bond acceptors (Lipinski definition) is 7. The van der Waals surface area contributed by atoms with Gasteiger partial charge in [-0.1, -0.05) is 48.4 Å². The highest BCUT2D eigenvalue weighted by Crippen LogP contribution is 2.28. The molecule has 0 aromatic carbocycles. The molecular weight excluding hydrogens is 288 g/mol. The number of esters is 1. The third-order valence-electron chi connectivity index (χ3n) is 2.03. The number of thioether (sulfide) groups is 2. The average Bonchev–Trinajstić information content (AvgIpc) is 2.81. The van der Waals surface area contributed by atoms with Crippen molar-refractivity contribution in [3.63, 3.8) is 0 Å². The number of carbonyl (C=O) groups excluding carboxylic acids is 1. The molecule has 100 valence electrons. The van der Waals surface area contributed by atoms with E-state index >= 15 is 0 Å². The van der Waals surface area contributed by atoms with Crippen LogP contribution in [0.3, 0.4) is 0 Å². The van der Waals surface area contributed by atoms with Crippen molar-refractivity contribution in [3.05, 3.63) is 12.2 Å². The van der Waals surface area contributed by atoms with Crippen molar-refractivity contribution in [2.45, 2.75) is 35.1 Å². The van der Waals surface area contributed by atoms with E-state index in [9.17, 15) is 4.79 Å². The second-order valence-corrected chi connectivity index (χ2v) is 6.86. The second kappa shape index (κ2) is 7.81. The van der Waals surface area contributed by atoms with E-state index < -0.39 is 0 Å². The van der Waals surface area contributed by atoms with Crippen molar-refractivity contribution in [2.75, 3.05) is 12.0 Å². The summed E-state index contributed by atoms with van der Waals surface area (Å²) >= 11 is 4.70. The molecule has 18 heavy (non-hydrogen) atoms. The van der Waals surface area contributed by atoms with Gasteiger partial charge in [-0.15, -0.1) is 10.2 Å². The van der Waals surface area contributed by atoms with E-state index in [2.05, 4.69) is 16.8 Å². The monoisotopic (exact) mass is 304 g/mol. The van der Waals surface area contributed by atoms with Crippen molar-refractivity contribution in [1.29, 1.82) is 0 Å². The van der Waals surface area contributed by atoms with Crippen LogP contribution in [0.5, 0.6) is 0 Å². The van der Waals surface area contributed by atoms with E-state index in [1.807, 2.05) is 13.2 Å². The molecule has 0 saturated carbocycles. The van der Waals surface area contributed by atoms with Gasteiger partial charge in [0.15, 0.2) is 8.68 Å². The molecule has 0 N–H and O–H groups in total. The number of aromatic nitrogens is 2. The third kappa shape index (κ3) is 4.99. The Kier molecular flexibility index (Phi) is 6.73. The molecule has 1 rings (SSSR count). The number of carbonyl (C=O) groups is 1. The van der Waals surface area contributed by atoms with E-state index in [-0.39, 0.29) is 12.1 Å². The van der Waals surface area contributed by atoms with Gasteiger partial charge < -0.3 is 4.74 Å². The molecule has 0 radical (unpaired) electrons. The molecule has 7 heteroatoms. The summed E-state index contributed by atoms with van der Waals surface area (Å²) in [4.78, 5) is 11.4. The Labute approximate surface area is 120 Å². The van der Waals surface area contributed by atoms with Crippen molar-refractivity contribution in [3.8, 4) is 0 Å². The van der Waals surface area contributed by atoms with Crippen LogP contribution >= 0.6 is 34.9 Å². The quantitative estimate of drug-likeness (QED) is 0.438. The topological polar surface area (TPSA) is 52.1 Å². The van der Waals surface area contributed by atoms with Gasteiger partial charge in [0.1, 0.15) is 6.10 Å². The third-order valence-corrected chi connectivity index (χ3v) is 5.20. The standard InChI is InChI=1S/C11H16N2O2S3/c1-5-8(15-9(14)7(2)3)6-17-11-13-12-10(16-4)18-11/h8H,2,5-6H2,1,3-4H3. The molecule has 1 atom stereocenters. The van der Waals surface area contributed by atoms with E-state index in [0.717, 1.165) is 15.1 Å². The van der Waals surface area contributed by atoms with Crippen LogP contribution in [-0.4, -0.2) is 34.3 Å². The van der Waals surface area contributed by atoms with Crippen LogP contribution in [0.25, 0.3) is 0 Å². The van der Waals surface area contributed by atoms with Crippen molar-refractivity contribution < 1.29 is 9.53 Å². The summed E-state index contributed by atoms with van der Waals surface area (Å²) in [6.45, 7) is 7.21. The van der Waals surface area contributed by atoms with E-state index in [4.69, 9.17) is 4.74 Å². The maximum absolute atomic E-state index is 11.4. The number of nitrogens with zero attached hydrogens (tertiary/aromatic N) is 2. The lowest BCUT2D eigenvalue weighted by Crippen LogP contribution is -2.20. The highest BCUT2D eigenvalue weighted by atomic mass is 32.2. The molecule has 0 fully saturated rings. The molecule has 4 nitrogen and oxygen atoms in total. The first kappa shape index (κ1) is 15.5. The van der Waals surface area contributed by atoms with Crippen LogP contribution in [0, 0.1) is 0 Å². The molecule has 1 aromatic rings.